The van der Waals surface area contributed by atoms with Gasteiger partial charge in [-0.05, 0) is 12.3 Å². The molecule has 0 saturated carbocycles. The molecular weight excluding hydrogens is 110 g/mol. The van der Waals surface area contributed by atoms with Gasteiger partial charge in [0.1, 0.15) is 0 Å². The van der Waals surface area contributed by atoms with Gasteiger partial charge in [-0.2, -0.15) is 0 Å². The molecule has 0 fully saturated rings. The highest BCUT2D eigenvalue weighted by molar-refractivity contribution is 5.08. The van der Waals surface area contributed by atoms with Gasteiger partial charge < -0.3 is 4.90 Å². The fourth-order valence-corrected chi connectivity index (χ4v) is 1.45. The van der Waals surface area contributed by atoms with E-state index in [9.17, 15) is 0 Å². The number of nitrogens with zero attached hydrogens (tertiary/aromatic N) is 1. The van der Waals surface area contributed by atoms with E-state index in [0.717, 1.165) is 5.92 Å². The summed E-state index contributed by atoms with van der Waals surface area (Å²) in [5, 5.41) is 0. The largest absolute Gasteiger partial charge is 0.378 e. The second-order valence-corrected chi connectivity index (χ2v) is 2.87. The van der Waals surface area contributed by atoms with Crippen LogP contribution in [0.25, 0.3) is 0 Å². The van der Waals surface area contributed by atoms with Gasteiger partial charge in [0, 0.05) is 19.3 Å². The second-order valence-electron chi connectivity index (χ2n) is 2.87. The highest BCUT2D eigenvalue weighted by Crippen LogP contribution is 2.19. The molecule has 0 amide bonds. The summed E-state index contributed by atoms with van der Waals surface area (Å²) in [6, 6.07) is 0. The van der Waals surface area contributed by atoms with Crippen LogP contribution in [0, 0.1) is 5.92 Å². The van der Waals surface area contributed by atoms with Crippen molar-refractivity contribution in [1.82, 2.24) is 4.90 Å². The molecule has 9 heavy (non-hydrogen) atoms. The summed E-state index contributed by atoms with van der Waals surface area (Å²) in [6.45, 7) is 5.68. The quantitative estimate of drug-likeness (QED) is 0.517. The van der Waals surface area contributed by atoms with Crippen molar-refractivity contribution in [2.75, 3.05) is 13.6 Å². The molecule has 1 aliphatic heterocycles. The SMILES string of the molecule is CCC1=CC(C)CN1C. The lowest BCUT2D eigenvalue weighted by Crippen LogP contribution is -2.14. The van der Waals surface area contributed by atoms with Gasteiger partial charge in [-0.1, -0.05) is 19.9 Å². The van der Waals surface area contributed by atoms with Crippen molar-refractivity contribution in [3.63, 3.8) is 0 Å². The molecule has 0 saturated heterocycles. The van der Waals surface area contributed by atoms with Gasteiger partial charge in [-0.15, -0.1) is 0 Å². The average Bonchev–Trinajstić information content (AvgIpc) is 2.10. The number of hydrogen-bond acceptors (Lipinski definition) is 1. The minimum absolute atomic E-state index is 0.768. The van der Waals surface area contributed by atoms with Crippen LogP contribution in [-0.2, 0) is 0 Å². The highest BCUT2D eigenvalue weighted by atomic mass is 15.1. The van der Waals surface area contributed by atoms with E-state index < -0.39 is 0 Å². The Labute approximate surface area is 57.4 Å². The first-order valence-corrected chi connectivity index (χ1v) is 3.66. The zero-order valence-electron chi connectivity index (χ0n) is 6.52. The summed E-state index contributed by atoms with van der Waals surface area (Å²) in [6.07, 6.45) is 3.54. The zero-order valence-corrected chi connectivity index (χ0v) is 6.52. The van der Waals surface area contributed by atoms with Crippen molar-refractivity contribution in [2.45, 2.75) is 20.3 Å². The first kappa shape index (κ1) is 6.66. The van der Waals surface area contributed by atoms with E-state index >= 15 is 0 Å². The Morgan fingerprint density at radius 3 is 2.67 bits per heavy atom. The predicted molar refractivity (Wildman–Crippen MR) is 40.2 cm³/mol. The summed E-state index contributed by atoms with van der Waals surface area (Å²) in [4.78, 5) is 2.34. The van der Waals surface area contributed by atoms with Gasteiger partial charge in [0.15, 0.2) is 0 Å². The first-order chi connectivity index (χ1) is 4.24. The molecule has 0 N–H and O–H groups in total. The van der Waals surface area contributed by atoms with Crippen LogP contribution in [0.2, 0.25) is 0 Å². The molecule has 0 aromatic carbocycles. The van der Waals surface area contributed by atoms with Crippen LogP contribution < -0.4 is 0 Å². The van der Waals surface area contributed by atoms with Gasteiger partial charge in [-0.25, -0.2) is 0 Å². The maximum absolute atomic E-state index is 2.36. The monoisotopic (exact) mass is 125 g/mol. The van der Waals surface area contributed by atoms with Crippen LogP contribution in [0.4, 0.5) is 0 Å². The second kappa shape index (κ2) is 2.42. The third-order valence-electron chi connectivity index (χ3n) is 1.89. The molecule has 0 aliphatic carbocycles. The third-order valence-corrected chi connectivity index (χ3v) is 1.89. The molecule has 0 aromatic rings. The summed E-state index contributed by atoms with van der Waals surface area (Å²) >= 11 is 0. The van der Waals surface area contributed by atoms with Gasteiger partial charge in [-0.3, -0.25) is 0 Å². The van der Waals surface area contributed by atoms with Crippen molar-refractivity contribution in [3.8, 4) is 0 Å². The number of hydrogen-bond donors (Lipinski definition) is 0. The lowest BCUT2D eigenvalue weighted by molar-refractivity contribution is 0.414. The van der Waals surface area contributed by atoms with Gasteiger partial charge in [0.05, 0.1) is 0 Å². The van der Waals surface area contributed by atoms with E-state index in [4.69, 9.17) is 0 Å². The fourth-order valence-electron chi connectivity index (χ4n) is 1.45. The molecular formula is C8H15N. The van der Waals surface area contributed by atoms with Crippen molar-refractivity contribution < 1.29 is 0 Å². The van der Waals surface area contributed by atoms with E-state index in [1.165, 1.54) is 18.7 Å². The number of allylic oxidation sites excluding steroid dienone is 1. The summed E-state index contributed by atoms with van der Waals surface area (Å²) in [5.41, 5.74) is 1.50. The van der Waals surface area contributed by atoms with Crippen LogP contribution in [0.15, 0.2) is 11.8 Å². The lowest BCUT2D eigenvalue weighted by Gasteiger charge is -2.14. The third kappa shape index (κ3) is 1.26. The summed E-state index contributed by atoms with van der Waals surface area (Å²) < 4.78 is 0. The Morgan fingerprint density at radius 1 is 1.78 bits per heavy atom. The van der Waals surface area contributed by atoms with Crippen LogP contribution >= 0.6 is 0 Å². The minimum Gasteiger partial charge on any atom is -0.378 e. The van der Waals surface area contributed by atoms with Crippen LogP contribution in [0.5, 0.6) is 0 Å². The molecule has 52 valence electrons. The first-order valence-electron chi connectivity index (χ1n) is 3.66. The topological polar surface area (TPSA) is 3.24 Å². The Hall–Kier alpha value is -0.460. The normalized spacial score (nSPS) is 26.8. The standard InChI is InChI=1S/C8H15N/c1-4-8-5-7(2)6-9(8)3/h5,7H,4,6H2,1-3H3. The lowest BCUT2D eigenvalue weighted by atomic mass is 10.2. The molecule has 1 aliphatic rings. The van der Waals surface area contributed by atoms with E-state index in [1.54, 1.807) is 0 Å². The van der Waals surface area contributed by atoms with E-state index in [2.05, 4.69) is 31.9 Å². The molecule has 1 nitrogen and oxygen atoms in total. The Morgan fingerprint density at radius 2 is 2.44 bits per heavy atom. The predicted octanol–water partition coefficient (Wildman–Crippen LogP) is 1.86. The Balaban J connectivity index is 2.57. The van der Waals surface area contributed by atoms with Crippen molar-refractivity contribution in [1.29, 1.82) is 0 Å². The van der Waals surface area contributed by atoms with Crippen molar-refractivity contribution in [3.05, 3.63) is 11.8 Å². The molecule has 1 heteroatoms. The maximum Gasteiger partial charge on any atom is 0.0232 e. The molecule has 0 aromatic heterocycles. The fraction of sp³-hybridized carbons (Fsp3) is 0.750. The number of rotatable bonds is 1. The van der Waals surface area contributed by atoms with E-state index in [1.807, 2.05) is 0 Å². The molecule has 0 bridgehead atoms. The van der Waals surface area contributed by atoms with E-state index in [0.29, 0.717) is 0 Å². The highest BCUT2D eigenvalue weighted by Gasteiger charge is 2.13. The van der Waals surface area contributed by atoms with E-state index in [-0.39, 0.29) is 0 Å². The molecule has 1 rings (SSSR count). The molecule has 1 atom stereocenters. The molecule has 0 radical (unpaired) electrons. The van der Waals surface area contributed by atoms with Gasteiger partial charge in [0.2, 0.25) is 0 Å². The van der Waals surface area contributed by atoms with Crippen molar-refractivity contribution in [2.24, 2.45) is 5.92 Å². The van der Waals surface area contributed by atoms with Crippen LogP contribution in [-0.4, -0.2) is 18.5 Å². The Bertz CT molecular complexity index is 127. The van der Waals surface area contributed by atoms with Crippen LogP contribution in [0.3, 0.4) is 0 Å². The maximum atomic E-state index is 2.36. The Kier molecular flexibility index (Phi) is 1.79. The van der Waals surface area contributed by atoms with Crippen LogP contribution in [0.1, 0.15) is 20.3 Å². The molecule has 1 unspecified atom stereocenters. The summed E-state index contributed by atoms with van der Waals surface area (Å²) in [5.74, 6) is 0.768. The van der Waals surface area contributed by atoms with Crippen molar-refractivity contribution >= 4 is 0 Å². The smallest absolute Gasteiger partial charge is 0.0232 e. The van der Waals surface area contributed by atoms with Gasteiger partial charge >= 0.3 is 0 Å². The minimum atomic E-state index is 0.768. The molecule has 1 heterocycles. The van der Waals surface area contributed by atoms with Gasteiger partial charge in [0.25, 0.3) is 0 Å². The average molecular weight is 125 g/mol. The molecule has 0 spiro atoms. The summed E-state index contributed by atoms with van der Waals surface area (Å²) in [7, 11) is 2.17. The zero-order chi connectivity index (χ0) is 6.85.